The van der Waals surface area contributed by atoms with Crippen molar-refractivity contribution in [2.24, 2.45) is 5.41 Å². The number of aromatic nitrogens is 1. The molecule has 0 atom stereocenters. The molecule has 4 nitrogen and oxygen atoms in total. The van der Waals surface area contributed by atoms with Crippen LogP contribution in [0.3, 0.4) is 0 Å². The lowest BCUT2D eigenvalue weighted by atomic mass is 9.76. The van der Waals surface area contributed by atoms with Crippen LogP contribution in [0.15, 0.2) is 5.38 Å². The topological polar surface area (TPSA) is 62.2 Å². The van der Waals surface area contributed by atoms with Gasteiger partial charge >= 0.3 is 5.97 Å². The molecule has 0 aliphatic heterocycles. The molecule has 1 aromatic heterocycles. The van der Waals surface area contributed by atoms with Crippen LogP contribution >= 0.6 is 11.3 Å². The van der Waals surface area contributed by atoms with Gasteiger partial charge in [0.25, 0.3) is 0 Å². The molecule has 0 spiro atoms. The Hall–Kier alpha value is -0.940. The molecule has 2 N–H and O–H groups in total. The molecule has 1 aliphatic rings. The van der Waals surface area contributed by atoms with Crippen LogP contribution in [0.4, 0.5) is 0 Å². The summed E-state index contributed by atoms with van der Waals surface area (Å²) in [4.78, 5) is 14.8. The first-order valence-corrected chi connectivity index (χ1v) is 7.35. The van der Waals surface area contributed by atoms with E-state index in [4.69, 9.17) is 5.11 Å². The lowest BCUT2D eigenvalue weighted by molar-refractivity contribution is 0.0696. The van der Waals surface area contributed by atoms with E-state index in [0.717, 1.165) is 12.2 Å². The fraction of sp³-hybridized carbons (Fsp3) is 0.692. The normalized spacial score (nSPS) is 18.7. The number of thiazole rings is 1. The van der Waals surface area contributed by atoms with Gasteiger partial charge in [0.1, 0.15) is 0 Å². The predicted molar refractivity (Wildman–Crippen MR) is 72.0 cm³/mol. The molecule has 0 aromatic carbocycles. The Morgan fingerprint density at radius 1 is 1.50 bits per heavy atom. The van der Waals surface area contributed by atoms with Crippen molar-refractivity contribution in [3.8, 4) is 0 Å². The lowest BCUT2D eigenvalue weighted by Crippen LogP contribution is -2.33. The largest absolute Gasteiger partial charge is 0.476 e. The standard InChI is InChI=1S/C13H20N2O2S/c1-13(5-3-2-4-6-13)9-14-7-10-8-18-11(15-10)12(16)17/h8,14H,2-7,9H2,1H3,(H,16,17). The summed E-state index contributed by atoms with van der Waals surface area (Å²) in [5, 5.41) is 14.2. The zero-order chi connectivity index (χ0) is 13.0. The molecule has 0 unspecified atom stereocenters. The summed E-state index contributed by atoms with van der Waals surface area (Å²) in [7, 11) is 0. The van der Waals surface area contributed by atoms with E-state index in [1.165, 1.54) is 43.4 Å². The second-order valence-corrected chi connectivity index (χ2v) is 6.28. The molecular formula is C13H20N2O2S. The molecule has 1 heterocycles. The second-order valence-electron chi connectivity index (χ2n) is 5.42. The molecule has 100 valence electrons. The van der Waals surface area contributed by atoms with Gasteiger partial charge in [0.2, 0.25) is 5.01 Å². The van der Waals surface area contributed by atoms with Crippen molar-refractivity contribution in [1.82, 2.24) is 10.3 Å². The highest BCUT2D eigenvalue weighted by molar-refractivity contribution is 7.11. The van der Waals surface area contributed by atoms with Crippen LogP contribution < -0.4 is 5.32 Å². The summed E-state index contributed by atoms with van der Waals surface area (Å²) in [5.74, 6) is -0.939. The Bertz CT molecular complexity index is 411. The SMILES string of the molecule is CC1(CNCc2csc(C(=O)O)n2)CCCCC1. The van der Waals surface area contributed by atoms with Crippen molar-refractivity contribution in [2.75, 3.05) is 6.54 Å². The first-order valence-electron chi connectivity index (χ1n) is 6.47. The molecule has 0 saturated heterocycles. The van der Waals surface area contributed by atoms with Crippen molar-refractivity contribution in [2.45, 2.75) is 45.6 Å². The minimum Gasteiger partial charge on any atom is -0.476 e. The van der Waals surface area contributed by atoms with Gasteiger partial charge in [-0.05, 0) is 18.3 Å². The van der Waals surface area contributed by atoms with E-state index < -0.39 is 5.97 Å². The molecule has 1 aliphatic carbocycles. The molecule has 1 fully saturated rings. The van der Waals surface area contributed by atoms with Crippen molar-refractivity contribution in [3.05, 3.63) is 16.1 Å². The molecule has 2 rings (SSSR count). The number of nitrogens with zero attached hydrogens (tertiary/aromatic N) is 1. The number of carbonyl (C=O) groups is 1. The van der Waals surface area contributed by atoms with Gasteiger partial charge in [-0.1, -0.05) is 26.2 Å². The summed E-state index contributed by atoms with van der Waals surface area (Å²) < 4.78 is 0. The molecular weight excluding hydrogens is 248 g/mol. The smallest absolute Gasteiger partial charge is 0.365 e. The maximum absolute atomic E-state index is 10.7. The number of hydrogen-bond donors (Lipinski definition) is 2. The van der Waals surface area contributed by atoms with E-state index in [-0.39, 0.29) is 5.01 Å². The van der Waals surface area contributed by atoms with Gasteiger partial charge < -0.3 is 10.4 Å². The number of aromatic carboxylic acids is 1. The fourth-order valence-electron chi connectivity index (χ4n) is 2.56. The van der Waals surface area contributed by atoms with Crippen molar-refractivity contribution < 1.29 is 9.90 Å². The number of carboxylic acids is 1. The monoisotopic (exact) mass is 268 g/mol. The molecule has 0 radical (unpaired) electrons. The average Bonchev–Trinajstić information content (AvgIpc) is 2.78. The number of carboxylic acid groups (broad SMARTS) is 1. The van der Waals surface area contributed by atoms with Crippen LogP contribution in [0.5, 0.6) is 0 Å². The third kappa shape index (κ3) is 3.53. The van der Waals surface area contributed by atoms with Crippen LogP contribution in [-0.4, -0.2) is 22.6 Å². The van der Waals surface area contributed by atoms with Gasteiger partial charge in [-0.25, -0.2) is 9.78 Å². The highest BCUT2D eigenvalue weighted by Crippen LogP contribution is 2.34. The molecule has 1 aromatic rings. The second kappa shape index (κ2) is 5.80. The molecule has 0 amide bonds. The van der Waals surface area contributed by atoms with Crippen molar-refractivity contribution >= 4 is 17.3 Å². The van der Waals surface area contributed by atoms with Crippen LogP contribution in [0.2, 0.25) is 0 Å². The third-order valence-electron chi connectivity index (χ3n) is 3.65. The third-order valence-corrected chi connectivity index (χ3v) is 4.53. The van der Waals surface area contributed by atoms with Crippen LogP contribution in [0, 0.1) is 5.41 Å². The lowest BCUT2D eigenvalue weighted by Gasteiger charge is -2.33. The van der Waals surface area contributed by atoms with Gasteiger partial charge in [0.15, 0.2) is 0 Å². The average molecular weight is 268 g/mol. The summed E-state index contributed by atoms with van der Waals surface area (Å²) >= 11 is 1.19. The summed E-state index contributed by atoms with van der Waals surface area (Å²) in [5.41, 5.74) is 1.24. The zero-order valence-electron chi connectivity index (χ0n) is 10.7. The Balaban J connectivity index is 1.78. The highest BCUT2D eigenvalue weighted by Gasteiger charge is 2.26. The minimum absolute atomic E-state index is 0.177. The predicted octanol–water partition coefficient (Wildman–Crippen LogP) is 2.90. The van der Waals surface area contributed by atoms with Gasteiger partial charge in [-0.15, -0.1) is 11.3 Å². The van der Waals surface area contributed by atoms with Gasteiger partial charge in [0, 0.05) is 18.5 Å². The van der Waals surface area contributed by atoms with Gasteiger partial charge in [0.05, 0.1) is 5.69 Å². The summed E-state index contributed by atoms with van der Waals surface area (Å²) in [6.07, 6.45) is 6.61. The first-order chi connectivity index (χ1) is 8.59. The molecule has 18 heavy (non-hydrogen) atoms. The van der Waals surface area contributed by atoms with E-state index in [9.17, 15) is 4.79 Å². The number of rotatable bonds is 5. The Labute approximate surface area is 111 Å². The Kier molecular flexibility index (Phi) is 4.35. The van der Waals surface area contributed by atoms with E-state index >= 15 is 0 Å². The fourth-order valence-corrected chi connectivity index (χ4v) is 3.22. The number of nitrogens with one attached hydrogen (secondary N) is 1. The van der Waals surface area contributed by atoms with E-state index in [0.29, 0.717) is 12.0 Å². The van der Waals surface area contributed by atoms with Crippen LogP contribution in [0.1, 0.15) is 54.5 Å². The van der Waals surface area contributed by atoms with Crippen LogP contribution in [0.25, 0.3) is 0 Å². The van der Waals surface area contributed by atoms with Crippen molar-refractivity contribution in [1.29, 1.82) is 0 Å². The molecule has 0 bridgehead atoms. The van der Waals surface area contributed by atoms with E-state index in [1.807, 2.05) is 5.38 Å². The maximum atomic E-state index is 10.7. The zero-order valence-corrected chi connectivity index (χ0v) is 11.6. The summed E-state index contributed by atoms with van der Waals surface area (Å²) in [6, 6.07) is 0. The van der Waals surface area contributed by atoms with Crippen molar-refractivity contribution in [3.63, 3.8) is 0 Å². The minimum atomic E-state index is -0.939. The summed E-state index contributed by atoms with van der Waals surface area (Å²) in [6.45, 7) is 4.00. The maximum Gasteiger partial charge on any atom is 0.365 e. The molecule has 5 heteroatoms. The van der Waals surface area contributed by atoms with Gasteiger partial charge in [-0.2, -0.15) is 0 Å². The molecule has 1 saturated carbocycles. The Morgan fingerprint density at radius 2 is 2.22 bits per heavy atom. The number of hydrogen-bond acceptors (Lipinski definition) is 4. The quantitative estimate of drug-likeness (QED) is 0.862. The van der Waals surface area contributed by atoms with Crippen LogP contribution in [-0.2, 0) is 6.54 Å². The van der Waals surface area contributed by atoms with Gasteiger partial charge in [-0.3, -0.25) is 0 Å². The first kappa shape index (κ1) is 13.5. The van der Waals surface area contributed by atoms with E-state index in [2.05, 4.69) is 17.2 Å². The highest BCUT2D eigenvalue weighted by atomic mass is 32.1. The van der Waals surface area contributed by atoms with E-state index in [1.54, 1.807) is 0 Å². The Morgan fingerprint density at radius 3 is 2.83 bits per heavy atom.